The first-order valence-corrected chi connectivity index (χ1v) is 7.30. The van der Waals surface area contributed by atoms with E-state index in [1.165, 1.54) is 5.56 Å². The first-order valence-electron chi connectivity index (χ1n) is 5.91. The van der Waals surface area contributed by atoms with Crippen LogP contribution in [0.4, 0.5) is 0 Å². The fraction of sp³-hybridized carbons (Fsp3) is 0.357. The Morgan fingerprint density at radius 3 is 2.47 bits per heavy atom. The Kier molecular flexibility index (Phi) is 6.97. The molecule has 1 nitrogen and oxygen atoms in total. The van der Waals surface area contributed by atoms with Crippen molar-refractivity contribution in [2.24, 2.45) is 0 Å². The van der Waals surface area contributed by atoms with Gasteiger partial charge in [0.1, 0.15) is 4.32 Å². The third-order valence-corrected chi connectivity index (χ3v) is 3.91. The molecular weight excluding hydrogens is 246 g/mol. The van der Waals surface area contributed by atoms with Crippen molar-refractivity contribution in [1.82, 2.24) is 4.90 Å². The summed E-state index contributed by atoms with van der Waals surface area (Å²) in [6.45, 7) is 6.25. The van der Waals surface area contributed by atoms with Crippen molar-refractivity contribution >= 4 is 34.4 Å². The zero-order valence-corrected chi connectivity index (χ0v) is 12.1. The standard InChI is InChI=1S/C14H19NS2/c1-3-15(4-2)14(16)17-12-8-11-13-9-6-5-7-10-13/h5-11H,3-4,12H2,1-2H3/b11-8+. The minimum atomic E-state index is 0.935. The van der Waals surface area contributed by atoms with Crippen LogP contribution in [0, 0.1) is 0 Å². The van der Waals surface area contributed by atoms with Crippen molar-refractivity contribution in [3.05, 3.63) is 42.0 Å². The van der Waals surface area contributed by atoms with E-state index in [-0.39, 0.29) is 0 Å². The Morgan fingerprint density at radius 2 is 1.88 bits per heavy atom. The normalized spacial score (nSPS) is 10.7. The maximum Gasteiger partial charge on any atom is 0.136 e. The molecule has 0 atom stereocenters. The van der Waals surface area contributed by atoms with Gasteiger partial charge in [0, 0.05) is 18.8 Å². The highest BCUT2D eigenvalue weighted by molar-refractivity contribution is 8.23. The number of thiocarbonyl (C=S) groups is 1. The highest BCUT2D eigenvalue weighted by Crippen LogP contribution is 2.10. The van der Waals surface area contributed by atoms with Gasteiger partial charge in [0.25, 0.3) is 0 Å². The molecule has 0 heterocycles. The molecule has 1 rings (SSSR count). The minimum Gasteiger partial charge on any atom is -0.358 e. The molecule has 0 saturated carbocycles. The molecule has 0 amide bonds. The van der Waals surface area contributed by atoms with E-state index in [0.717, 1.165) is 23.2 Å². The molecule has 0 bridgehead atoms. The van der Waals surface area contributed by atoms with E-state index in [1.807, 2.05) is 18.2 Å². The van der Waals surface area contributed by atoms with E-state index >= 15 is 0 Å². The molecule has 0 aliphatic heterocycles. The summed E-state index contributed by atoms with van der Waals surface area (Å²) >= 11 is 7.08. The first-order chi connectivity index (χ1) is 8.27. The molecule has 1 aromatic rings. The van der Waals surface area contributed by atoms with Crippen molar-refractivity contribution < 1.29 is 0 Å². The summed E-state index contributed by atoms with van der Waals surface area (Å²) in [5.74, 6) is 0.935. The molecule has 0 spiro atoms. The quantitative estimate of drug-likeness (QED) is 0.739. The molecule has 0 radical (unpaired) electrons. The summed E-state index contributed by atoms with van der Waals surface area (Å²) in [6.07, 6.45) is 4.30. The average molecular weight is 265 g/mol. The van der Waals surface area contributed by atoms with Crippen LogP contribution in [0.15, 0.2) is 36.4 Å². The van der Waals surface area contributed by atoms with Gasteiger partial charge in [0.2, 0.25) is 0 Å². The third-order valence-electron chi connectivity index (χ3n) is 2.43. The van der Waals surface area contributed by atoms with Crippen LogP contribution < -0.4 is 0 Å². The summed E-state index contributed by atoms with van der Waals surface area (Å²) in [7, 11) is 0. The topological polar surface area (TPSA) is 3.24 Å². The van der Waals surface area contributed by atoms with Gasteiger partial charge in [0.05, 0.1) is 0 Å². The predicted octanol–water partition coefficient (Wildman–Crippen LogP) is 4.06. The zero-order valence-electron chi connectivity index (χ0n) is 10.4. The monoisotopic (exact) mass is 265 g/mol. The van der Waals surface area contributed by atoms with E-state index < -0.39 is 0 Å². The second-order valence-electron chi connectivity index (χ2n) is 3.56. The number of hydrogen-bond acceptors (Lipinski definition) is 2. The van der Waals surface area contributed by atoms with Crippen molar-refractivity contribution in [2.75, 3.05) is 18.8 Å². The lowest BCUT2D eigenvalue weighted by Gasteiger charge is -2.20. The molecule has 0 aliphatic carbocycles. The highest BCUT2D eigenvalue weighted by atomic mass is 32.2. The van der Waals surface area contributed by atoms with Gasteiger partial charge >= 0.3 is 0 Å². The lowest BCUT2D eigenvalue weighted by molar-refractivity contribution is 0.482. The Bertz CT molecular complexity index is 356. The molecule has 0 fully saturated rings. The minimum absolute atomic E-state index is 0.935. The molecule has 3 heteroatoms. The molecule has 0 aromatic heterocycles. The third kappa shape index (κ3) is 5.37. The largest absolute Gasteiger partial charge is 0.358 e. The molecular formula is C14H19NS2. The Hall–Kier alpha value is -0.800. The number of rotatable bonds is 5. The van der Waals surface area contributed by atoms with E-state index in [9.17, 15) is 0 Å². The van der Waals surface area contributed by atoms with Gasteiger partial charge in [-0.25, -0.2) is 0 Å². The molecule has 92 valence electrons. The van der Waals surface area contributed by atoms with Crippen LogP contribution >= 0.6 is 24.0 Å². The van der Waals surface area contributed by atoms with Crippen molar-refractivity contribution in [2.45, 2.75) is 13.8 Å². The number of benzene rings is 1. The number of thioether (sulfide) groups is 1. The van der Waals surface area contributed by atoms with E-state index in [0.29, 0.717) is 0 Å². The lowest BCUT2D eigenvalue weighted by atomic mass is 10.2. The van der Waals surface area contributed by atoms with Gasteiger partial charge in [-0.2, -0.15) is 0 Å². The molecule has 0 unspecified atom stereocenters. The van der Waals surface area contributed by atoms with Gasteiger partial charge in [-0.05, 0) is 19.4 Å². The Labute approximate surface area is 114 Å². The fourth-order valence-corrected chi connectivity index (χ4v) is 2.68. The summed E-state index contributed by atoms with van der Waals surface area (Å²) in [5, 5.41) is 0. The number of nitrogens with zero attached hydrogens (tertiary/aromatic N) is 1. The highest BCUT2D eigenvalue weighted by Gasteiger charge is 2.03. The van der Waals surface area contributed by atoms with E-state index in [2.05, 4.69) is 43.0 Å². The van der Waals surface area contributed by atoms with E-state index in [1.54, 1.807) is 11.8 Å². The van der Waals surface area contributed by atoms with E-state index in [4.69, 9.17) is 12.2 Å². The predicted molar refractivity (Wildman–Crippen MR) is 83.5 cm³/mol. The van der Waals surface area contributed by atoms with Crippen LogP contribution in [0.25, 0.3) is 6.08 Å². The maximum atomic E-state index is 5.36. The smallest absolute Gasteiger partial charge is 0.136 e. The summed E-state index contributed by atoms with van der Waals surface area (Å²) in [5.41, 5.74) is 1.24. The van der Waals surface area contributed by atoms with Crippen molar-refractivity contribution in [1.29, 1.82) is 0 Å². The zero-order chi connectivity index (χ0) is 12.5. The van der Waals surface area contributed by atoms with Crippen molar-refractivity contribution in [3.8, 4) is 0 Å². The van der Waals surface area contributed by atoms with Gasteiger partial charge < -0.3 is 4.90 Å². The maximum absolute atomic E-state index is 5.36. The SMILES string of the molecule is CCN(CC)C(=S)SC/C=C/c1ccccc1. The summed E-state index contributed by atoms with van der Waals surface area (Å²) in [4.78, 5) is 2.20. The molecule has 0 saturated heterocycles. The van der Waals surface area contributed by atoms with Crippen LogP contribution in [0.2, 0.25) is 0 Å². The lowest BCUT2D eigenvalue weighted by Crippen LogP contribution is -2.26. The van der Waals surface area contributed by atoms with Crippen LogP contribution in [0.1, 0.15) is 19.4 Å². The van der Waals surface area contributed by atoms with Crippen LogP contribution in [-0.2, 0) is 0 Å². The second kappa shape index (κ2) is 8.31. The molecule has 1 aromatic carbocycles. The van der Waals surface area contributed by atoms with Crippen LogP contribution in [-0.4, -0.2) is 28.1 Å². The van der Waals surface area contributed by atoms with Gasteiger partial charge in [-0.1, -0.05) is 66.5 Å². The van der Waals surface area contributed by atoms with Crippen LogP contribution in [0.3, 0.4) is 0 Å². The first kappa shape index (κ1) is 14.3. The Morgan fingerprint density at radius 1 is 1.24 bits per heavy atom. The average Bonchev–Trinajstić information content (AvgIpc) is 2.37. The fourth-order valence-electron chi connectivity index (χ4n) is 1.44. The molecule has 0 aliphatic rings. The molecule has 17 heavy (non-hydrogen) atoms. The molecule has 0 N–H and O–H groups in total. The van der Waals surface area contributed by atoms with Gasteiger partial charge in [0.15, 0.2) is 0 Å². The Balaban J connectivity index is 2.33. The second-order valence-corrected chi connectivity index (χ2v) is 5.22. The van der Waals surface area contributed by atoms with Crippen molar-refractivity contribution in [3.63, 3.8) is 0 Å². The number of hydrogen-bond donors (Lipinski definition) is 0. The van der Waals surface area contributed by atoms with Crippen LogP contribution in [0.5, 0.6) is 0 Å². The summed E-state index contributed by atoms with van der Waals surface area (Å²) in [6, 6.07) is 10.3. The van der Waals surface area contributed by atoms with Gasteiger partial charge in [-0.3, -0.25) is 0 Å². The van der Waals surface area contributed by atoms with Gasteiger partial charge in [-0.15, -0.1) is 0 Å². The summed E-state index contributed by atoms with van der Waals surface area (Å²) < 4.78 is 0.993.